The van der Waals surface area contributed by atoms with Crippen molar-refractivity contribution in [3.8, 4) is 5.75 Å². The van der Waals surface area contributed by atoms with Gasteiger partial charge in [0, 0.05) is 49.3 Å². The molecule has 1 aromatic heterocycles. The number of anilines is 1. The monoisotopic (exact) mass is 472 g/mol. The van der Waals surface area contributed by atoms with E-state index in [0.717, 1.165) is 5.56 Å². The van der Waals surface area contributed by atoms with Crippen molar-refractivity contribution >= 4 is 39.9 Å². The first-order valence-electron chi connectivity index (χ1n) is 10.4. The maximum absolute atomic E-state index is 14.4. The molecule has 0 aliphatic carbocycles. The Morgan fingerprint density at radius 3 is 2.52 bits per heavy atom. The number of halogens is 2. The Morgan fingerprint density at radius 1 is 1.12 bits per heavy atom. The van der Waals surface area contributed by atoms with E-state index in [-0.39, 0.29) is 24.0 Å². The molecule has 33 heavy (non-hydrogen) atoms. The van der Waals surface area contributed by atoms with Crippen molar-refractivity contribution in [1.82, 2.24) is 4.90 Å². The van der Waals surface area contributed by atoms with Gasteiger partial charge in [-0.1, -0.05) is 11.6 Å². The van der Waals surface area contributed by atoms with E-state index >= 15 is 0 Å². The molecule has 1 amide bonds. The summed E-state index contributed by atoms with van der Waals surface area (Å²) >= 11 is 6.28. The summed E-state index contributed by atoms with van der Waals surface area (Å²) in [5.41, 5.74) is 1.32. The van der Waals surface area contributed by atoms with Crippen LogP contribution in [0, 0.1) is 12.7 Å². The second-order valence-electron chi connectivity index (χ2n) is 7.91. The third-order valence-electron chi connectivity index (χ3n) is 5.68. The lowest BCUT2D eigenvalue weighted by Crippen LogP contribution is -2.50. The van der Waals surface area contributed by atoms with E-state index in [1.165, 1.54) is 25.1 Å². The van der Waals surface area contributed by atoms with Gasteiger partial charge in [-0.15, -0.1) is 0 Å². The number of carbonyl (C=O) groups is 2. The highest BCUT2D eigenvalue weighted by atomic mass is 35.5. The van der Waals surface area contributed by atoms with E-state index in [1.807, 2.05) is 4.90 Å². The van der Waals surface area contributed by atoms with Gasteiger partial charge >= 0.3 is 5.63 Å². The van der Waals surface area contributed by atoms with Gasteiger partial charge in [-0.2, -0.15) is 0 Å². The van der Waals surface area contributed by atoms with Crippen LogP contribution >= 0.6 is 11.6 Å². The molecule has 1 aliphatic rings. The van der Waals surface area contributed by atoms with Crippen LogP contribution in [0.25, 0.3) is 11.0 Å². The molecule has 0 saturated carbocycles. The lowest BCUT2D eigenvalue weighted by atomic mass is 10.1. The number of piperazine rings is 1. The molecule has 0 unspecified atom stereocenters. The summed E-state index contributed by atoms with van der Waals surface area (Å²) in [4.78, 5) is 39.2. The molecular formula is C24H22ClFN2O5. The van der Waals surface area contributed by atoms with Gasteiger partial charge in [0.15, 0.2) is 12.4 Å². The van der Waals surface area contributed by atoms with Gasteiger partial charge in [-0.25, -0.2) is 9.18 Å². The highest BCUT2D eigenvalue weighted by molar-refractivity contribution is 6.32. The summed E-state index contributed by atoms with van der Waals surface area (Å²) in [5.74, 6) is -0.639. The number of benzene rings is 2. The fourth-order valence-corrected chi connectivity index (χ4v) is 4.06. The Hall–Kier alpha value is -3.39. The zero-order valence-corrected chi connectivity index (χ0v) is 18.9. The molecule has 2 heterocycles. The maximum atomic E-state index is 14.4. The number of fused-ring (bicyclic) bond motifs is 1. The van der Waals surface area contributed by atoms with Crippen LogP contribution in [0.5, 0.6) is 5.75 Å². The van der Waals surface area contributed by atoms with Crippen LogP contribution in [0.1, 0.15) is 22.8 Å². The average molecular weight is 473 g/mol. The summed E-state index contributed by atoms with van der Waals surface area (Å²) < 4.78 is 25.2. The minimum absolute atomic E-state index is 0.195. The quantitative estimate of drug-likeness (QED) is 0.415. The van der Waals surface area contributed by atoms with Crippen LogP contribution in [0.4, 0.5) is 10.1 Å². The van der Waals surface area contributed by atoms with Crippen molar-refractivity contribution in [2.75, 3.05) is 37.7 Å². The number of aryl methyl sites for hydroxylation is 1. The number of rotatable bonds is 5. The van der Waals surface area contributed by atoms with Crippen LogP contribution in [0.3, 0.4) is 0 Å². The Labute approximate surface area is 194 Å². The highest BCUT2D eigenvalue weighted by Crippen LogP contribution is 2.31. The van der Waals surface area contributed by atoms with Gasteiger partial charge in [0.25, 0.3) is 5.91 Å². The first-order chi connectivity index (χ1) is 15.7. The van der Waals surface area contributed by atoms with Gasteiger partial charge in [0.1, 0.15) is 17.1 Å². The van der Waals surface area contributed by atoms with E-state index in [9.17, 15) is 18.8 Å². The van der Waals surface area contributed by atoms with Crippen molar-refractivity contribution in [2.24, 2.45) is 0 Å². The summed E-state index contributed by atoms with van der Waals surface area (Å²) in [6.45, 7) is 4.63. The molecule has 0 radical (unpaired) electrons. The minimum Gasteiger partial charge on any atom is -0.482 e. The Balaban J connectivity index is 1.38. The van der Waals surface area contributed by atoms with Crippen LogP contribution in [0.15, 0.2) is 45.6 Å². The van der Waals surface area contributed by atoms with E-state index in [1.54, 1.807) is 30.0 Å². The minimum atomic E-state index is -0.477. The number of hydrogen-bond donors (Lipinski definition) is 0. The van der Waals surface area contributed by atoms with Crippen molar-refractivity contribution in [1.29, 1.82) is 0 Å². The fourth-order valence-electron chi connectivity index (χ4n) is 3.84. The molecule has 1 aliphatic heterocycles. The van der Waals surface area contributed by atoms with Crippen LogP contribution < -0.4 is 15.3 Å². The summed E-state index contributed by atoms with van der Waals surface area (Å²) in [7, 11) is 0. The predicted octanol–water partition coefficient (Wildman–Crippen LogP) is 3.82. The van der Waals surface area contributed by atoms with Gasteiger partial charge in [0.2, 0.25) is 0 Å². The molecule has 1 fully saturated rings. The molecule has 2 aromatic carbocycles. The Morgan fingerprint density at radius 2 is 1.85 bits per heavy atom. The van der Waals surface area contributed by atoms with E-state index in [2.05, 4.69) is 0 Å². The zero-order chi connectivity index (χ0) is 23.7. The van der Waals surface area contributed by atoms with Crippen molar-refractivity contribution < 1.29 is 23.1 Å². The smallest absolute Gasteiger partial charge is 0.336 e. The van der Waals surface area contributed by atoms with Crippen LogP contribution in [-0.2, 0) is 4.79 Å². The number of hydrogen-bond acceptors (Lipinski definition) is 6. The Kier molecular flexibility index (Phi) is 6.37. The number of carbonyl (C=O) groups excluding carboxylic acids is 2. The molecular weight excluding hydrogens is 451 g/mol. The molecule has 1 saturated heterocycles. The second-order valence-corrected chi connectivity index (χ2v) is 8.31. The average Bonchev–Trinajstić information content (AvgIpc) is 2.78. The molecule has 0 spiro atoms. The van der Waals surface area contributed by atoms with Crippen LogP contribution in [0.2, 0.25) is 5.02 Å². The Bertz CT molecular complexity index is 1300. The lowest BCUT2D eigenvalue weighted by molar-refractivity contribution is -0.133. The SMILES string of the molecule is CC(=O)c1ccc(N2CCN(C(=O)COc3cc4oc(=O)cc(C)c4cc3Cl)CC2)c(F)c1. The highest BCUT2D eigenvalue weighted by Gasteiger charge is 2.24. The number of ketones is 1. The standard InChI is InChI=1S/C24H22ClFN2O5/c1-14-9-24(31)33-21-12-22(18(25)11-17(14)21)32-13-23(30)28-7-5-27(6-8-28)20-4-3-16(15(2)29)10-19(20)26/h3-4,9-12H,5-8,13H2,1-2H3. The van der Waals surface area contributed by atoms with Gasteiger partial charge < -0.3 is 19.0 Å². The maximum Gasteiger partial charge on any atom is 0.336 e. The molecule has 0 N–H and O–H groups in total. The first kappa shape index (κ1) is 22.8. The van der Waals surface area contributed by atoms with E-state index < -0.39 is 11.4 Å². The topological polar surface area (TPSA) is 80.1 Å². The molecule has 7 nitrogen and oxygen atoms in total. The molecule has 0 atom stereocenters. The summed E-state index contributed by atoms with van der Waals surface area (Å²) in [6.07, 6.45) is 0. The third-order valence-corrected chi connectivity index (χ3v) is 5.98. The molecule has 172 valence electrons. The largest absolute Gasteiger partial charge is 0.482 e. The summed E-state index contributed by atoms with van der Waals surface area (Å²) in [6, 6.07) is 8.95. The van der Waals surface area contributed by atoms with Crippen molar-refractivity contribution in [3.63, 3.8) is 0 Å². The van der Waals surface area contributed by atoms with E-state index in [0.29, 0.717) is 53.4 Å². The third kappa shape index (κ3) is 4.85. The summed E-state index contributed by atoms with van der Waals surface area (Å²) in [5, 5.41) is 1.000. The number of nitrogens with zero attached hydrogens (tertiary/aromatic N) is 2. The van der Waals surface area contributed by atoms with E-state index in [4.69, 9.17) is 20.8 Å². The number of Topliss-reactive ketones (excluding diaryl/α,β-unsaturated/α-hetero) is 1. The molecule has 4 rings (SSSR count). The molecule has 3 aromatic rings. The predicted molar refractivity (Wildman–Crippen MR) is 123 cm³/mol. The normalized spacial score (nSPS) is 13.9. The number of ether oxygens (including phenoxy) is 1. The van der Waals surface area contributed by atoms with Gasteiger partial charge in [0.05, 0.1) is 10.7 Å². The van der Waals surface area contributed by atoms with Crippen LogP contribution in [-0.4, -0.2) is 49.4 Å². The van der Waals surface area contributed by atoms with Gasteiger partial charge in [-0.3, -0.25) is 9.59 Å². The molecule has 9 heteroatoms. The molecule has 0 bridgehead atoms. The number of amides is 1. The fraction of sp³-hybridized carbons (Fsp3) is 0.292. The lowest BCUT2D eigenvalue weighted by Gasteiger charge is -2.36. The van der Waals surface area contributed by atoms with Gasteiger partial charge in [-0.05, 0) is 43.7 Å². The van der Waals surface area contributed by atoms with Crippen molar-refractivity contribution in [2.45, 2.75) is 13.8 Å². The zero-order valence-electron chi connectivity index (χ0n) is 18.2. The first-order valence-corrected chi connectivity index (χ1v) is 10.8. The van der Waals surface area contributed by atoms with Crippen molar-refractivity contribution in [3.05, 3.63) is 68.8 Å². The second kappa shape index (κ2) is 9.23.